The molecule has 14 rings (SSSR count). The summed E-state index contributed by atoms with van der Waals surface area (Å²) in [5, 5.41) is 3.17. The second kappa shape index (κ2) is 11.4. The minimum Gasteiger partial charge on any atom is -0.454 e. The molecule has 4 aliphatic carbocycles. The first-order valence-electron chi connectivity index (χ1n) is 23.3. The van der Waals surface area contributed by atoms with Crippen LogP contribution in [-0.2, 0) is 10.8 Å². The van der Waals surface area contributed by atoms with Gasteiger partial charge in [0.25, 0.3) is 6.71 Å². The summed E-state index contributed by atoms with van der Waals surface area (Å²) in [7, 11) is 0. The third-order valence-electron chi connectivity index (χ3n) is 14.4. The molecule has 5 heteroatoms. The van der Waals surface area contributed by atoms with Crippen LogP contribution in [0.1, 0.15) is 77.3 Å². The predicted molar refractivity (Wildman–Crippen MR) is 242 cm³/mol. The van der Waals surface area contributed by atoms with E-state index in [0.29, 0.717) is 0 Å². The number of thiophene rings is 1. The van der Waals surface area contributed by atoms with Crippen LogP contribution in [0.2, 0.25) is 0 Å². The van der Waals surface area contributed by atoms with E-state index < -0.39 is 6.04 Å². The van der Waals surface area contributed by atoms with Gasteiger partial charge in [0, 0.05) is 48.4 Å². The fourth-order valence-corrected chi connectivity index (χ4v) is 13.7. The number of nitrogens with zero attached hydrogens (tertiary/aromatic N) is 2. The van der Waals surface area contributed by atoms with E-state index in [0.717, 1.165) is 88.5 Å². The van der Waals surface area contributed by atoms with Crippen molar-refractivity contribution in [3.63, 3.8) is 0 Å². The van der Waals surface area contributed by atoms with Crippen LogP contribution in [0, 0.1) is 17.8 Å². The van der Waals surface area contributed by atoms with Gasteiger partial charge in [0.1, 0.15) is 5.58 Å². The van der Waals surface area contributed by atoms with E-state index in [2.05, 4.69) is 111 Å². The molecule has 278 valence electrons. The lowest BCUT2D eigenvalue weighted by Crippen LogP contribution is -2.60. The number of anilines is 6. The highest BCUT2D eigenvalue weighted by Crippen LogP contribution is 2.61. The van der Waals surface area contributed by atoms with Gasteiger partial charge in [0.15, 0.2) is 5.58 Å². The molecule has 0 unspecified atom stereocenters. The van der Waals surface area contributed by atoms with E-state index >= 15 is 0 Å². The molecule has 0 saturated heterocycles. The zero-order valence-corrected chi connectivity index (χ0v) is 33.3. The van der Waals surface area contributed by atoms with Crippen LogP contribution >= 0.6 is 11.3 Å². The van der Waals surface area contributed by atoms with Gasteiger partial charge in [-0.15, -0.1) is 11.3 Å². The van der Waals surface area contributed by atoms with E-state index in [4.69, 9.17) is 8.53 Å². The van der Waals surface area contributed by atoms with Gasteiger partial charge in [-0.25, -0.2) is 0 Å². The summed E-state index contributed by atoms with van der Waals surface area (Å²) in [4.78, 5) is 4.43. The molecular weight excluding hydrogens is 711 g/mol. The molecule has 4 fully saturated rings. The number of hydrogen-bond acceptors (Lipinski definition) is 4. The van der Waals surface area contributed by atoms with Gasteiger partial charge in [-0.05, 0) is 144 Å². The van der Waals surface area contributed by atoms with Crippen LogP contribution in [0.25, 0.3) is 32.0 Å². The maximum atomic E-state index is 9.41. The van der Waals surface area contributed by atoms with Crippen molar-refractivity contribution in [1.29, 1.82) is 0 Å². The molecule has 4 bridgehead atoms. The molecule has 3 nitrogen and oxygen atoms in total. The van der Waals surface area contributed by atoms with Crippen LogP contribution < -0.4 is 25.5 Å². The fraction of sp³-hybridized carbons (Fsp3) is 0.269. The predicted octanol–water partition coefficient (Wildman–Crippen LogP) is 12.6. The lowest BCUT2D eigenvalue weighted by molar-refractivity contribution is -0.00516. The Morgan fingerprint density at radius 1 is 0.702 bits per heavy atom. The largest absolute Gasteiger partial charge is 0.454 e. The third kappa shape index (κ3) is 4.55. The van der Waals surface area contributed by atoms with Crippen LogP contribution in [0.15, 0.2) is 132 Å². The normalized spacial score (nSPS) is 24.3. The molecule has 0 atom stereocenters. The summed E-state index contributed by atoms with van der Waals surface area (Å²) in [5.41, 5.74) is 11.6. The van der Waals surface area contributed by atoms with Crippen molar-refractivity contribution in [3.8, 4) is 0 Å². The van der Waals surface area contributed by atoms with Gasteiger partial charge in [0.2, 0.25) is 0 Å². The zero-order valence-electron chi connectivity index (χ0n) is 37.5. The molecule has 6 aromatic carbocycles. The van der Waals surface area contributed by atoms with Crippen LogP contribution in [0.3, 0.4) is 0 Å². The van der Waals surface area contributed by atoms with Gasteiger partial charge >= 0.3 is 0 Å². The molecule has 4 heterocycles. The molecule has 2 aromatic heterocycles. The second-order valence-corrected chi connectivity index (χ2v) is 19.9. The summed E-state index contributed by atoms with van der Waals surface area (Å²) in [6, 6.07) is 33.7. The van der Waals surface area contributed by atoms with Gasteiger partial charge < -0.3 is 14.2 Å². The number of para-hydroxylation sites is 3. The summed E-state index contributed by atoms with van der Waals surface area (Å²) in [5.74, 6) is 2.43. The second-order valence-electron chi connectivity index (χ2n) is 18.8. The molecule has 6 aliphatic rings. The average Bonchev–Trinajstić information content (AvgIpc) is 3.83. The summed E-state index contributed by atoms with van der Waals surface area (Å²) < 4.78 is 54.2. The molecule has 0 N–H and O–H groups in total. The Morgan fingerprint density at radius 3 is 2.18 bits per heavy atom. The number of hydrogen-bond donors (Lipinski definition) is 0. The van der Waals surface area contributed by atoms with Crippen molar-refractivity contribution in [2.75, 3.05) is 9.80 Å². The van der Waals surface area contributed by atoms with Gasteiger partial charge in [-0.1, -0.05) is 93.5 Å². The molecule has 57 heavy (non-hydrogen) atoms. The fourth-order valence-electron chi connectivity index (χ4n) is 12.4. The van der Waals surface area contributed by atoms with E-state index in [1.165, 1.54) is 55.1 Å². The lowest BCUT2D eigenvalue weighted by atomic mass is 9.36. The van der Waals surface area contributed by atoms with E-state index in [1.54, 1.807) is 11.3 Å². The molecule has 4 saturated carbocycles. The highest BCUT2D eigenvalue weighted by atomic mass is 32.1. The van der Waals surface area contributed by atoms with Gasteiger partial charge in [-0.3, -0.25) is 0 Å². The zero-order chi connectivity index (χ0) is 42.1. The van der Waals surface area contributed by atoms with Crippen molar-refractivity contribution in [2.45, 2.75) is 70.1 Å². The van der Waals surface area contributed by atoms with Crippen molar-refractivity contribution < 1.29 is 11.3 Å². The van der Waals surface area contributed by atoms with Crippen LogP contribution in [-0.4, -0.2) is 6.71 Å². The highest BCUT2D eigenvalue weighted by molar-refractivity contribution is 7.33. The van der Waals surface area contributed by atoms with Gasteiger partial charge in [0.05, 0.1) is 18.2 Å². The Labute approximate surface area is 346 Å². The van der Waals surface area contributed by atoms with Crippen molar-refractivity contribution >= 4 is 99.9 Å². The number of benzene rings is 6. The van der Waals surface area contributed by atoms with E-state index in [9.17, 15) is 2.74 Å². The Bertz CT molecular complexity index is 3210. The number of rotatable bonds is 3. The smallest absolute Gasteiger partial charge is 0.264 e. The highest BCUT2D eigenvalue weighted by Gasteiger charge is 2.52. The molecule has 0 spiro atoms. The lowest BCUT2D eigenvalue weighted by Gasteiger charge is -2.57. The van der Waals surface area contributed by atoms with Crippen LogP contribution in [0.5, 0.6) is 0 Å². The van der Waals surface area contributed by atoms with Gasteiger partial charge in [-0.2, -0.15) is 0 Å². The molecule has 0 amide bonds. The Balaban J connectivity index is 1.14. The minimum atomic E-state index is -0.395. The average molecular weight is 762 g/mol. The standard InChI is InChI=1S/C52H45BN2OS/c1-51(2,3)34-20-22-46-39(26-34)48-50(57-46)53-40-21-19-35(52-28-31-23-32(29-52)25-33(24-31)30-52)27-44(40)55(43-17-9-14-38-37-13-7-8-18-45(37)56-49(38)43)42-16-10-15-41(47(42)53)54(48)36-11-5-4-6-12-36/h4-22,26-27,31-33H,23-25,28-30H2,1-3H3/i4D,5D,6D,11D,12D. The Hall–Kier alpha value is -5.26. The first kappa shape index (κ1) is 28.2. The Kier molecular flexibility index (Phi) is 5.66. The minimum absolute atomic E-state index is 0.131. The van der Waals surface area contributed by atoms with E-state index in [-0.39, 0.29) is 47.4 Å². The van der Waals surface area contributed by atoms with Crippen LogP contribution in [0.4, 0.5) is 34.1 Å². The number of fused-ring (bicyclic) bond motifs is 9. The Morgan fingerprint density at radius 2 is 1.40 bits per heavy atom. The maximum absolute atomic E-state index is 9.41. The quantitative estimate of drug-likeness (QED) is 0.167. The maximum Gasteiger partial charge on any atom is 0.264 e. The molecule has 0 radical (unpaired) electrons. The van der Waals surface area contributed by atoms with Crippen molar-refractivity contribution in [2.24, 2.45) is 17.8 Å². The summed E-state index contributed by atoms with van der Waals surface area (Å²) in [6.07, 6.45) is 7.97. The van der Waals surface area contributed by atoms with E-state index in [1.807, 2.05) is 17.0 Å². The summed E-state index contributed by atoms with van der Waals surface area (Å²) >= 11 is 1.77. The first-order valence-corrected chi connectivity index (χ1v) is 21.6. The molecule has 8 aromatic rings. The molecular formula is C52H45BN2OS. The van der Waals surface area contributed by atoms with Crippen molar-refractivity contribution in [1.82, 2.24) is 0 Å². The topological polar surface area (TPSA) is 19.6 Å². The SMILES string of the molecule is [2H]c1c([2H])c([2H])c(N2c3cccc4c3B(c3ccc(C56CC7CC(CC(C7)C5)C6)cc3N4c3cccc4c3oc3ccccc34)c3sc4ccc(C(C)(C)C)cc4c32)c([2H])c1[2H]. The monoisotopic (exact) mass is 761 g/mol. The molecule has 2 aliphatic heterocycles. The summed E-state index contributed by atoms with van der Waals surface area (Å²) in [6.45, 7) is 6.49. The third-order valence-corrected chi connectivity index (χ3v) is 15.7. The van der Waals surface area contributed by atoms with Crippen molar-refractivity contribution in [3.05, 3.63) is 138 Å². The number of furan rings is 1. The first-order chi connectivity index (χ1) is 29.9.